The van der Waals surface area contributed by atoms with Crippen molar-refractivity contribution in [3.05, 3.63) is 23.5 Å². The van der Waals surface area contributed by atoms with E-state index in [9.17, 15) is 0 Å². The van der Waals surface area contributed by atoms with E-state index >= 15 is 0 Å². The van der Waals surface area contributed by atoms with Crippen molar-refractivity contribution < 1.29 is 0 Å². The van der Waals surface area contributed by atoms with Crippen LogP contribution < -0.4 is 21.3 Å². The average molecular weight is 489 g/mol. The summed E-state index contributed by atoms with van der Waals surface area (Å²) >= 11 is 1.99. The van der Waals surface area contributed by atoms with Crippen LogP contribution in [0.1, 0.15) is 76.6 Å². The lowest BCUT2D eigenvalue weighted by Gasteiger charge is -2.34. The lowest BCUT2D eigenvalue weighted by Crippen LogP contribution is -2.53. The zero-order valence-electron chi connectivity index (χ0n) is 21.6. The van der Waals surface area contributed by atoms with Crippen LogP contribution in [0.2, 0.25) is 0 Å². The van der Waals surface area contributed by atoms with Gasteiger partial charge >= 0.3 is 0 Å². The fourth-order valence-corrected chi connectivity index (χ4v) is 6.97. The first-order valence-corrected chi connectivity index (χ1v) is 15.0. The number of aromatic nitrogens is 1. The van der Waals surface area contributed by atoms with Gasteiger partial charge in [-0.25, -0.2) is 0 Å². The Labute approximate surface area is 212 Å². The number of fused-ring (bicyclic) bond motifs is 4. The Kier molecular flexibility index (Phi) is 11.0. The molecule has 0 saturated heterocycles. The van der Waals surface area contributed by atoms with E-state index in [-0.39, 0.29) is 0 Å². The molecule has 0 radical (unpaired) electrons. The third-order valence-electron chi connectivity index (χ3n) is 8.04. The van der Waals surface area contributed by atoms with Gasteiger partial charge in [-0.1, -0.05) is 39.5 Å². The third-order valence-corrected chi connectivity index (χ3v) is 8.99. The van der Waals surface area contributed by atoms with E-state index in [4.69, 9.17) is 4.98 Å². The largest absolute Gasteiger partial charge is 0.311 e. The zero-order valence-corrected chi connectivity index (χ0v) is 22.4. The molecule has 192 valence electrons. The van der Waals surface area contributed by atoms with Crippen molar-refractivity contribution in [1.82, 2.24) is 31.2 Å². The lowest BCUT2D eigenvalue weighted by molar-refractivity contribution is 0.266. The quantitative estimate of drug-likeness (QED) is 0.457. The maximum absolute atomic E-state index is 5.11. The van der Waals surface area contributed by atoms with Crippen molar-refractivity contribution in [2.45, 2.75) is 107 Å². The van der Waals surface area contributed by atoms with Gasteiger partial charge in [-0.2, -0.15) is 0 Å². The molecule has 1 aromatic heterocycles. The van der Waals surface area contributed by atoms with Crippen LogP contribution in [-0.2, 0) is 13.1 Å². The van der Waals surface area contributed by atoms with Crippen molar-refractivity contribution in [2.75, 3.05) is 38.5 Å². The van der Waals surface area contributed by atoms with E-state index in [0.29, 0.717) is 24.2 Å². The fourth-order valence-electron chi connectivity index (χ4n) is 5.94. The molecule has 0 aromatic carbocycles. The Hall–Kier alpha value is -0.700. The van der Waals surface area contributed by atoms with E-state index < -0.39 is 0 Å². The molecule has 34 heavy (non-hydrogen) atoms. The number of pyridine rings is 1. The van der Waals surface area contributed by atoms with Crippen molar-refractivity contribution in [3.8, 4) is 0 Å². The number of nitrogens with one attached hydrogen (secondary N) is 4. The summed E-state index contributed by atoms with van der Waals surface area (Å²) in [5.41, 5.74) is 2.39. The average Bonchev–Trinajstić information content (AvgIpc) is 2.87. The third kappa shape index (κ3) is 7.90. The number of hydrogen-bond donors (Lipinski definition) is 4. The minimum atomic E-state index is 0.545. The molecule has 2 bridgehead atoms. The van der Waals surface area contributed by atoms with Gasteiger partial charge < -0.3 is 26.2 Å². The SMILES string of the molecule is CCN(CC)CCSc1cc2nc(c1)CN[C@@H]1CCCC[C@H]1NCCNC1CCCCC1NC2. The van der Waals surface area contributed by atoms with E-state index in [2.05, 4.69) is 52.1 Å². The van der Waals surface area contributed by atoms with Gasteiger partial charge in [0.25, 0.3) is 0 Å². The van der Waals surface area contributed by atoms with Gasteiger partial charge in [-0.3, -0.25) is 4.98 Å². The number of thioether (sulfide) groups is 1. The normalized spacial score (nSPS) is 29.0. The summed E-state index contributed by atoms with van der Waals surface area (Å²) in [7, 11) is 0. The monoisotopic (exact) mass is 488 g/mol. The number of rotatable bonds is 6. The van der Waals surface area contributed by atoms with Gasteiger partial charge in [0.2, 0.25) is 0 Å². The molecule has 2 unspecified atom stereocenters. The molecule has 6 nitrogen and oxygen atoms in total. The molecular weight excluding hydrogens is 440 g/mol. The molecule has 0 amide bonds. The summed E-state index contributed by atoms with van der Waals surface area (Å²) in [4.78, 5) is 8.98. The van der Waals surface area contributed by atoms with Crippen LogP contribution in [0.25, 0.3) is 0 Å². The Morgan fingerprint density at radius 1 is 0.765 bits per heavy atom. The smallest absolute Gasteiger partial charge is 0.0556 e. The molecular formula is C27H48N6S. The molecule has 4 rings (SSSR count). The summed E-state index contributed by atoms with van der Waals surface area (Å²) < 4.78 is 0. The molecule has 4 atom stereocenters. The predicted molar refractivity (Wildman–Crippen MR) is 145 cm³/mol. The van der Waals surface area contributed by atoms with E-state index in [0.717, 1.165) is 51.6 Å². The van der Waals surface area contributed by atoms with Gasteiger partial charge in [0, 0.05) is 67.5 Å². The molecule has 2 heterocycles. The van der Waals surface area contributed by atoms with Crippen LogP contribution in [0.3, 0.4) is 0 Å². The second-order valence-corrected chi connectivity index (χ2v) is 11.5. The van der Waals surface area contributed by atoms with Crippen LogP contribution in [0.5, 0.6) is 0 Å². The molecule has 2 aliphatic carbocycles. The molecule has 2 fully saturated rings. The molecule has 0 spiro atoms. The van der Waals surface area contributed by atoms with Crippen LogP contribution in [0.15, 0.2) is 17.0 Å². The first kappa shape index (κ1) is 26.4. The molecule has 1 aliphatic heterocycles. The van der Waals surface area contributed by atoms with Crippen molar-refractivity contribution in [2.24, 2.45) is 0 Å². The second kappa shape index (κ2) is 14.1. The topological polar surface area (TPSA) is 64.2 Å². The Morgan fingerprint density at radius 3 is 1.71 bits per heavy atom. The maximum Gasteiger partial charge on any atom is 0.0556 e. The lowest BCUT2D eigenvalue weighted by atomic mass is 9.89. The van der Waals surface area contributed by atoms with Crippen molar-refractivity contribution >= 4 is 11.8 Å². The van der Waals surface area contributed by atoms with Crippen molar-refractivity contribution in [3.63, 3.8) is 0 Å². The molecule has 7 heteroatoms. The zero-order chi connectivity index (χ0) is 23.6. The molecule has 2 saturated carbocycles. The molecule has 4 N–H and O–H groups in total. The Bertz CT molecular complexity index is 679. The summed E-state index contributed by atoms with van der Waals surface area (Å²) in [5.74, 6) is 1.13. The Morgan fingerprint density at radius 2 is 1.24 bits per heavy atom. The minimum absolute atomic E-state index is 0.545. The number of nitrogens with zero attached hydrogens (tertiary/aromatic N) is 2. The summed E-state index contributed by atoms with van der Waals surface area (Å²) in [5, 5.41) is 15.5. The summed E-state index contributed by atoms with van der Waals surface area (Å²) in [6.07, 6.45) is 10.5. The van der Waals surface area contributed by atoms with Gasteiger partial charge in [-0.15, -0.1) is 11.8 Å². The highest BCUT2D eigenvalue weighted by molar-refractivity contribution is 7.99. The van der Waals surface area contributed by atoms with E-state index in [1.165, 1.54) is 67.6 Å². The van der Waals surface area contributed by atoms with E-state index in [1.807, 2.05) is 11.8 Å². The Balaban J connectivity index is 1.48. The minimum Gasteiger partial charge on any atom is -0.311 e. The first-order valence-electron chi connectivity index (χ1n) is 14.0. The van der Waals surface area contributed by atoms with Crippen LogP contribution >= 0.6 is 11.8 Å². The molecule has 1 aromatic rings. The van der Waals surface area contributed by atoms with Gasteiger partial charge in [-0.05, 0) is 50.9 Å². The van der Waals surface area contributed by atoms with Gasteiger partial charge in [0.05, 0.1) is 11.4 Å². The van der Waals surface area contributed by atoms with Crippen LogP contribution in [0, 0.1) is 0 Å². The number of hydrogen-bond acceptors (Lipinski definition) is 7. The van der Waals surface area contributed by atoms with Crippen LogP contribution in [-0.4, -0.2) is 72.5 Å². The van der Waals surface area contributed by atoms with Crippen molar-refractivity contribution in [1.29, 1.82) is 0 Å². The first-order chi connectivity index (χ1) is 16.7. The second-order valence-electron chi connectivity index (χ2n) is 10.3. The highest BCUT2D eigenvalue weighted by atomic mass is 32.2. The molecule has 3 aliphatic rings. The summed E-state index contributed by atoms with van der Waals surface area (Å²) in [6, 6.07) is 6.90. The maximum atomic E-state index is 5.11. The predicted octanol–water partition coefficient (Wildman–Crippen LogP) is 3.51. The van der Waals surface area contributed by atoms with Crippen LogP contribution in [0.4, 0.5) is 0 Å². The highest BCUT2D eigenvalue weighted by Crippen LogP contribution is 2.23. The van der Waals surface area contributed by atoms with Gasteiger partial charge in [0.1, 0.15) is 0 Å². The highest BCUT2D eigenvalue weighted by Gasteiger charge is 2.26. The summed E-state index contributed by atoms with van der Waals surface area (Å²) in [6.45, 7) is 11.8. The van der Waals surface area contributed by atoms with E-state index in [1.54, 1.807) is 0 Å². The fraction of sp³-hybridized carbons (Fsp3) is 0.815. The standard InChI is InChI=1S/C27H48N6S/c1-3-33(4-2)15-16-34-23-17-21-19-30-26-11-7-5-9-24(26)28-13-14-29-25-10-6-8-12-27(25)31-20-22(18-23)32-21/h17-18,24-31H,3-16,19-20H2,1-2H3/t24-,25?,26-,27?/m1/s1. The van der Waals surface area contributed by atoms with Gasteiger partial charge in [0.15, 0.2) is 0 Å².